The molecule has 3 saturated heterocycles. The lowest BCUT2D eigenvalue weighted by Crippen LogP contribution is -2.65. The highest BCUT2D eigenvalue weighted by atomic mass is 35.5. The second-order valence-electron chi connectivity index (χ2n) is 29.0. The van der Waals surface area contributed by atoms with Crippen molar-refractivity contribution in [2.75, 3.05) is 88.6 Å². The molecule has 0 radical (unpaired) electrons. The van der Waals surface area contributed by atoms with Gasteiger partial charge in [0.1, 0.15) is 47.8 Å². The number of rotatable bonds is 11. The van der Waals surface area contributed by atoms with E-state index < -0.39 is 173 Å². The molecule has 1 aromatic carbocycles. The molecule has 2 aliphatic carbocycles. The minimum absolute atomic E-state index is 0.0185. The number of fused-ring (bicyclic) bond motifs is 1. The number of hydrogen-bond donors (Lipinski definition) is 3. The molecule has 0 aromatic heterocycles. The van der Waals surface area contributed by atoms with Gasteiger partial charge in [-0.2, -0.15) is 13.2 Å². The quantitative estimate of drug-likeness (QED) is 0.248. The summed E-state index contributed by atoms with van der Waals surface area (Å²) in [6.45, 7) is 9.84. The third-order valence-electron chi connectivity index (χ3n) is 20.9. The van der Waals surface area contributed by atoms with Crippen molar-refractivity contribution in [2.24, 2.45) is 23.7 Å². The molecule has 5 aliphatic rings. The number of benzene rings is 1. The van der Waals surface area contributed by atoms with Gasteiger partial charge < -0.3 is 60.0 Å². The van der Waals surface area contributed by atoms with E-state index in [1.807, 2.05) is 20.8 Å². The van der Waals surface area contributed by atoms with Gasteiger partial charge >= 0.3 is 6.18 Å². The fourth-order valence-corrected chi connectivity index (χ4v) is 14.9. The molecule has 5 fully saturated rings. The van der Waals surface area contributed by atoms with Gasteiger partial charge in [0.15, 0.2) is 0 Å². The summed E-state index contributed by atoms with van der Waals surface area (Å²) in [7, 11) is 9.85. The molecule has 3 N–H and O–H groups in total. The number of alkyl halides is 3. The third-order valence-corrected chi connectivity index (χ3v) is 21.2. The van der Waals surface area contributed by atoms with E-state index in [-0.39, 0.29) is 63.3 Å². The predicted molar refractivity (Wildman–Crippen MR) is 362 cm³/mol. The zero-order valence-electron chi connectivity index (χ0n) is 59.9. The van der Waals surface area contributed by atoms with Crippen LogP contribution in [0.4, 0.5) is 13.2 Å². The van der Waals surface area contributed by atoms with Gasteiger partial charge in [-0.15, -0.1) is 0 Å². The van der Waals surface area contributed by atoms with E-state index in [9.17, 15) is 56.3 Å². The number of amides is 12. The maximum atomic E-state index is 15.4. The van der Waals surface area contributed by atoms with E-state index >= 15 is 14.4 Å². The zero-order chi connectivity index (χ0) is 72.8. The highest BCUT2D eigenvalue weighted by molar-refractivity contribution is 6.31. The summed E-state index contributed by atoms with van der Waals surface area (Å²) in [6, 6.07) is -5.66. The fourth-order valence-electron chi connectivity index (χ4n) is 14.6. The van der Waals surface area contributed by atoms with Crippen LogP contribution in [0.2, 0.25) is 5.02 Å². The Bertz CT molecular complexity index is 3050. The maximum Gasteiger partial charge on any atom is 0.417 e. The van der Waals surface area contributed by atoms with E-state index in [2.05, 4.69) is 16.0 Å². The second-order valence-corrected chi connectivity index (χ2v) is 29.4. The van der Waals surface area contributed by atoms with Crippen LogP contribution in [0.25, 0.3) is 0 Å². The molecule has 1 aromatic rings. The summed E-state index contributed by atoms with van der Waals surface area (Å²) in [5, 5.41) is 8.09. The predicted octanol–water partition coefficient (Wildman–Crippen LogP) is 5.50. The van der Waals surface area contributed by atoms with E-state index in [0.29, 0.717) is 57.2 Å². The van der Waals surface area contributed by atoms with Gasteiger partial charge in [0, 0.05) is 69.0 Å². The molecular formula is C70H108ClF3N12O12. The number of carbonyl (C=O) groups excluding carboxylic acids is 12. The molecule has 24 nitrogen and oxygen atoms in total. The fraction of sp³-hybridized carbons (Fsp3) is 0.743. The van der Waals surface area contributed by atoms with E-state index in [1.54, 1.807) is 25.7 Å². The number of hydrogen-bond acceptors (Lipinski definition) is 12. The lowest BCUT2D eigenvalue weighted by molar-refractivity contribution is -0.156. The Hall–Kier alpha value is -7.06. The molecular weight excluding hydrogens is 1290 g/mol. The summed E-state index contributed by atoms with van der Waals surface area (Å²) in [4.78, 5) is 189. The first kappa shape index (κ1) is 79.9. The molecule has 0 bridgehead atoms. The molecule has 3 heterocycles. The van der Waals surface area contributed by atoms with Crippen molar-refractivity contribution >= 4 is 82.5 Å². The van der Waals surface area contributed by atoms with Crippen molar-refractivity contribution in [3.63, 3.8) is 0 Å². The van der Waals surface area contributed by atoms with E-state index in [0.717, 1.165) is 65.4 Å². The van der Waals surface area contributed by atoms with Gasteiger partial charge in [-0.3, -0.25) is 57.5 Å². The summed E-state index contributed by atoms with van der Waals surface area (Å²) in [6.07, 6.45) is 3.47. The van der Waals surface area contributed by atoms with Crippen LogP contribution >= 0.6 is 11.6 Å². The topological polar surface area (TPSA) is 270 Å². The lowest BCUT2D eigenvalue weighted by Gasteiger charge is -2.42. The van der Waals surface area contributed by atoms with Crippen LogP contribution in [-0.2, 0) is 70.1 Å². The van der Waals surface area contributed by atoms with Crippen LogP contribution in [0, 0.1) is 23.7 Å². The van der Waals surface area contributed by atoms with Crippen LogP contribution in [0.5, 0.6) is 0 Å². The second kappa shape index (κ2) is 35.3. The monoisotopic (exact) mass is 1400 g/mol. The average molecular weight is 1400 g/mol. The Labute approximate surface area is 581 Å². The minimum atomic E-state index is -4.76. The lowest BCUT2D eigenvalue weighted by atomic mass is 9.84. The van der Waals surface area contributed by atoms with Crippen molar-refractivity contribution in [1.29, 1.82) is 0 Å². The molecule has 98 heavy (non-hydrogen) atoms. The standard InChI is InChI=1S/C70H108ClF3N12O12/c1-14-45(6)59-66(96)80(9)41-57(89)78(7)42-58(90)82(11)53(38-46-24-17-15-18-25-46)64(94)79(8)40-55(87)75-50(30-28-47-27-29-48(49(71)37-47)70(72,73)74)63(93)86-35-23-26-51(86)62(92)77-69(31-19-20-32-69)68(98)84(13)60(44(4)5)67(97)83(12)54(65(95)85-33-21-16-22-34-85)39-56(88)81(10)52(36-43(2)3)61(91)76-59/h27,29,37,43-46,50-54,59-60H,14-26,28,30-36,38-42H2,1-13H3,(H,75,87)(H,76,91)(H,77,92)/t45-,50-,51-,52-,53-,54-,59-,60-/m0/s1. The molecule has 28 heteroatoms. The van der Waals surface area contributed by atoms with Gasteiger partial charge in [-0.05, 0) is 112 Å². The smallest absolute Gasteiger partial charge is 0.343 e. The van der Waals surface area contributed by atoms with Crippen molar-refractivity contribution < 1.29 is 70.7 Å². The largest absolute Gasteiger partial charge is 0.417 e. The molecule has 548 valence electrons. The highest BCUT2D eigenvalue weighted by Gasteiger charge is 2.51. The number of halogens is 4. The summed E-state index contributed by atoms with van der Waals surface area (Å²) in [5.41, 5.74) is -2.36. The zero-order valence-corrected chi connectivity index (χ0v) is 60.7. The third kappa shape index (κ3) is 20.1. The van der Waals surface area contributed by atoms with Crippen LogP contribution < -0.4 is 16.0 Å². The van der Waals surface area contributed by atoms with Crippen LogP contribution in [0.15, 0.2) is 18.2 Å². The number of likely N-dealkylation sites (N-methyl/N-ethyl adjacent to an activating group) is 7. The van der Waals surface area contributed by atoms with Crippen molar-refractivity contribution in [1.82, 2.24) is 60.0 Å². The van der Waals surface area contributed by atoms with Crippen LogP contribution in [0.1, 0.15) is 175 Å². The minimum Gasteiger partial charge on any atom is -0.343 e. The number of nitrogens with one attached hydrogen (secondary N) is 3. The molecule has 1 spiro atoms. The highest BCUT2D eigenvalue weighted by Crippen LogP contribution is 2.37. The molecule has 0 unspecified atom stereocenters. The van der Waals surface area contributed by atoms with Crippen LogP contribution in [0.3, 0.4) is 0 Å². The van der Waals surface area contributed by atoms with E-state index in [4.69, 9.17) is 11.6 Å². The number of nitrogens with zero attached hydrogens (tertiary/aromatic N) is 9. The molecule has 6 rings (SSSR count). The Morgan fingerprint density at radius 2 is 1.23 bits per heavy atom. The molecule has 3 aliphatic heterocycles. The van der Waals surface area contributed by atoms with Crippen molar-refractivity contribution in [2.45, 2.75) is 224 Å². The number of piperidine rings is 1. The number of carbonyl (C=O) groups is 12. The molecule has 8 atom stereocenters. The number of aryl methyl sites for hydroxylation is 1. The maximum absolute atomic E-state index is 15.4. The Morgan fingerprint density at radius 1 is 0.633 bits per heavy atom. The van der Waals surface area contributed by atoms with Crippen molar-refractivity contribution in [3.05, 3.63) is 34.3 Å². The SMILES string of the molecule is CC[C@H](C)[C@@H]1NC(=O)[C@H](CC(C)C)N(C)C(=O)C[C@@H](C(=O)N2CCCCC2)N(C)C(=O)[C@H](C(C)C)N(C)C(=O)C2(CCCC2)NC(=O)[C@@H]2CCCN2C(=O)[C@H](CCc2ccc(C(F)(F)F)c(Cl)c2)NC(=O)CN(C)C(=O)[C@H](CC2CCCCC2)N(C)C(=O)CN(C)C(=O)CN(C)C1=O. The van der Waals surface area contributed by atoms with Gasteiger partial charge in [0.2, 0.25) is 70.9 Å². The number of likely N-dealkylation sites (tertiary alicyclic amines) is 1. The first-order chi connectivity index (χ1) is 46.0. The molecule has 2 saturated carbocycles. The van der Waals surface area contributed by atoms with E-state index in [1.165, 1.54) is 79.9 Å². The Balaban J connectivity index is 1.42. The summed E-state index contributed by atoms with van der Waals surface area (Å²) in [5.74, 6) is -9.14. The summed E-state index contributed by atoms with van der Waals surface area (Å²) >= 11 is 6.14. The Morgan fingerprint density at radius 3 is 1.83 bits per heavy atom. The first-order valence-electron chi connectivity index (χ1n) is 35.2. The average Bonchev–Trinajstić information content (AvgIpc) is 1.30. The van der Waals surface area contributed by atoms with Crippen LogP contribution in [-0.4, -0.2) is 251 Å². The Kier molecular flexibility index (Phi) is 28.8. The van der Waals surface area contributed by atoms with Crippen molar-refractivity contribution in [3.8, 4) is 0 Å². The molecule has 12 amide bonds. The van der Waals surface area contributed by atoms with Gasteiger partial charge in [0.25, 0.3) is 0 Å². The van der Waals surface area contributed by atoms with Gasteiger partial charge in [-0.25, -0.2) is 0 Å². The summed E-state index contributed by atoms with van der Waals surface area (Å²) < 4.78 is 41.5. The first-order valence-corrected chi connectivity index (χ1v) is 35.6. The van der Waals surface area contributed by atoms with Gasteiger partial charge in [0.05, 0.1) is 36.6 Å². The normalized spacial score (nSPS) is 26.2. The van der Waals surface area contributed by atoms with Gasteiger partial charge in [-0.1, -0.05) is 111 Å².